The summed E-state index contributed by atoms with van der Waals surface area (Å²) in [5, 5.41) is 0. The standard InChI is InChI=1S/C37H50O13/c1-13-34(5,6)47-43-30(39)25-22-24(29(38)23-20-18-17-19-21-23)26(31(40)44-48-35(7,8)14-2)28(33(42)46-50-37(11,12)16-4)27(25)32(41)45-49-36(9,10)15-3/h17-22H,13-16H2,1-12H3. The van der Waals surface area contributed by atoms with E-state index in [2.05, 4.69) is 0 Å². The summed E-state index contributed by atoms with van der Waals surface area (Å²) in [6.07, 6.45) is 1.56. The molecule has 13 nitrogen and oxygen atoms in total. The average Bonchev–Trinajstić information content (AvgIpc) is 3.10. The molecule has 0 N–H and O–H groups in total. The Morgan fingerprint density at radius 2 is 0.780 bits per heavy atom. The summed E-state index contributed by atoms with van der Waals surface area (Å²) in [4.78, 5) is 112. The van der Waals surface area contributed by atoms with Crippen LogP contribution in [0, 0.1) is 0 Å². The molecular formula is C37H50O13. The van der Waals surface area contributed by atoms with E-state index in [4.69, 9.17) is 39.1 Å². The zero-order chi connectivity index (χ0) is 38.1. The molecule has 0 unspecified atom stereocenters. The molecule has 0 spiro atoms. The largest absolute Gasteiger partial charge is 0.374 e. The highest BCUT2D eigenvalue weighted by Crippen LogP contribution is 2.32. The van der Waals surface area contributed by atoms with Crippen LogP contribution in [0.15, 0.2) is 36.4 Å². The van der Waals surface area contributed by atoms with Crippen molar-refractivity contribution in [3.63, 3.8) is 0 Å². The molecule has 0 aliphatic heterocycles. The van der Waals surface area contributed by atoms with Gasteiger partial charge in [-0.1, -0.05) is 58.0 Å². The van der Waals surface area contributed by atoms with Crippen molar-refractivity contribution in [3.05, 3.63) is 69.8 Å². The lowest BCUT2D eigenvalue weighted by Crippen LogP contribution is -2.32. The van der Waals surface area contributed by atoms with Crippen molar-refractivity contribution in [2.24, 2.45) is 0 Å². The van der Waals surface area contributed by atoms with E-state index in [0.717, 1.165) is 6.07 Å². The topological polar surface area (TPSA) is 159 Å². The van der Waals surface area contributed by atoms with E-state index in [1.165, 1.54) is 12.1 Å². The van der Waals surface area contributed by atoms with E-state index in [1.807, 2.05) is 0 Å². The van der Waals surface area contributed by atoms with Crippen molar-refractivity contribution in [2.75, 3.05) is 0 Å². The number of hydrogen-bond acceptors (Lipinski definition) is 13. The molecule has 0 radical (unpaired) electrons. The molecule has 2 aromatic rings. The first-order valence-corrected chi connectivity index (χ1v) is 16.6. The van der Waals surface area contributed by atoms with Gasteiger partial charge < -0.3 is 0 Å². The highest BCUT2D eigenvalue weighted by atomic mass is 17.2. The Labute approximate surface area is 293 Å². The van der Waals surface area contributed by atoms with Gasteiger partial charge in [-0.2, -0.15) is 19.6 Å². The molecule has 0 aromatic heterocycles. The highest BCUT2D eigenvalue weighted by molar-refractivity contribution is 6.22. The average molecular weight is 703 g/mol. The highest BCUT2D eigenvalue weighted by Gasteiger charge is 2.40. The van der Waals surface area contributed by atoms with Crippen LogP contribution < -0.4 is 0 Å². The quantitative estimate of drug-likeness (QED) is 0.0835. The molecular weight excluding hydrogens is 652 g/mol. The van der Waals surface area contributed by atoms with E-state index in [1.54, 1.807) is 101 Å². The normalized spacial score (nSPS) is 12.2. The van der Waals surface area contributed by atoms with E-state index < -0.39 is 79.9 Å². The van der Waals surface area contributed by atoms with Gasteiger partial charge >= 0.3 is 23.9 Å². The number of ketones is 1. The fourth-order valence-electron chi connectivity index (χ4n) is 3.40. The third-order valence-corrected chi connectivity index (χ3v) is 8.22. The van der Waals surface area contributed by atoms with Crippen molar-refractivity contribution in [3.8, 4) is 0 Å². The minimum absolute atomic E-state index is 0.0603. The van der Waals surface area contributed by atoms with Crippen molar-refractivity contribution in [1.29, 1.82) is 0 Å². The van der Waals surface area contributed by atoms with E-state index in [-0.39, 0.29) is 5.56 Å². The lowest BCUT2D eigenvalue weighted by molar-refractivity contribution is -0.309. The summed E-state index contributed by atoms with van der Waals surface area (Å²) in [7, 11) is 0. The maximum Gasteiger partial charge on any atom is 0.374 e. The second-order valence-electron chi connectivity index (χ2n) is 14.1. The van der Waals surface area contributed by atoms with Gasteiger partial charge in [-0.05, 0) is 87.1 Å². The lowest BCUT2D eigenvalue weighted by Gasteiger charge is -2.25. The minimum Gasteiger partial charge on any atom is -0.292 e. The molecule has 0 aliphatic carbocycles. The molecule has 0 aliphatic rings. The van der Waals surface area contributed by atoms with Crippen molar-refractivity contribution < 1.29 is 63.1 Å². The van der Waals surface area contributed by atoms with Gasteiger partial charge in [0.05, 0.1) is 22.3 Å². The number of benzene rings is 2. The predicted molar refractivity (Wildman–Crippen MR) is 180 cm³/mol. The molecule has 2 aromatic carbocycles. The number of rotatable bonds is 18. The van der Waals surface area contributed by atoms with Crippen molar-refractivity contribution in [1.82, 2.24) is 0 Å². The van der Waals surface area contributed by atoms with Crippen LogP contribution in [0.5, 0.6) is 0 Å². The van der Waals surface area contributed by atoms with Gasteiger partial charge in [-0.25, -0.2) is 19.2 Å². The second-order valence-corrected chi connectivity index (χ2v) is 14.1. The Kier molecular flexibility index (Phi) is 14.4. The molecule has 13 heteroatoms. The summed E-state index contributed by atoms with van der Waals surface area (Å²) in [6.45, 7) is 20.2. The Morgan fingerprint density at radius 1 is 0.460 bits per heavy atom. The molecule has 0 bridgehead atoms. The first kappa shape index (κ1) is 42.0. The fraction of sp³-hybridized carbons (Fsp3) is 0.541. The maximum atomic E-state index is 14.1. The summed E-state index contributed by atoms with van der Waals surface area (Å²) in [6, 6.07) is 8.62. The monoisotopic (exact) mass is 702 g/mol. The van der Waals surface area contributed by atoms with E-state index in [0.29, 0.717) is 25.7 Å². The second kappa shape index (κ2) is 17.2. The van der Waals surface area contributed by atoms with E-state index in [9.17, 15) is 24.0 Å². The minimum atomic E-state index is -1.44. The third-order valence-electron chi connectivity index (χ3n) is 8.22. The number of carbonyl (C=O) groups excluding carboxylic acids is 5. The first-order chi connectivity index (χ1) is 23.1. The van der Waals surface area contributed by atoms with Crippen LogP contribution in [0.25, 0.3) is 0 Å². The fourth-order valence-corrected chi connectivity index (χ4v) is 3.40. The van der Waals surface area contributed by atoms with Crippen LogP contribution in [0.3, 0.4) is 0 Å². The predicted octanol–water partition coefficient (Wildman–Crippen LogP) is 8.03. The number of carbonyl (C=O) groups is 5. The Bertz CT molecular complexity index is 1540. The summed E-state index contributed by atoms with van der Waals surface area (Å²) < 4.78 is 0. The van der Waals surface area contributed by atoms with Crippen LogP contribution in [-0.2, 0) is 39.1 Å². The van der Waals surface area contributed by atoms with Crippen molar-refractivity contribution >= 4 is 29.7 Å². The molecule has 2 rings (SSSR count). The third kappa shape index (κ3) is 11.4. The van der Waals surface area contributed by atoms with Gasteiger partial charge in [0.2, 0.25) is 0 Å². The summed E-state index contributed by atoms with van der Waals surface area (Å²) >= 11 is 0. The van der Waals surface area contributed by atoms with Gasteiger partial charge in [-0.3, -0.25) is 24.3 Å². The molecule has 0 amide bonds. The van der Waals surface area contributed by atoms with Crippen LogP contribution in [0.2, 0.25) is 0 Å². The lowest BCUT2D eigenvalue weighted by atomic mass is 9.87. The van der Waals surface area contributed by atoms with Crippen molar-refractivity contribution in [2.45, 2.75) is 131 Å². The van der Waals surface area contributed by atoms with Crippen LogP contribution in [0.4, 0.5) is 0 Å². The Balaban J connectivity index is 3.09. The van der Waals surface area contributed by atoms with Gasteiger partial charge in [0.25, 0.3) is 0 Å². The zero-order valence-corrected chi connectivity index (χ0v) is 31.1. The molecule has 0 saturated carbocycles. The van der Waals surface area contributed by atoms with Gasteiger partial charge in [-0.15, -0.1) is 0 Å². The van der Waals surface area contributed by atoms with E-state index >= 15 is 0 Å². The SMILES string of the molecule is CCC(C)(C)OOC(=O)c1cc(C(=O)c2ccccc2)c(C(=O)OOC(C)(C)CC)c(C(=O)OOC(C)(C)CC)c1C(=O)OOC(C)(C)CC. The van der Waals surface area contributed by atoms with Gasteiger partial charge in [0.15, 0.2) is 5.78 Å². The first-order valence-electron chi connectivity index (χ1n) is 16.6. The maximum absolute atomic E-state index is 14.1. The summed E-state index contributed by atoms with van der Waals surface area (Å²) in [5.74, 6) is -6.34. The van der Waals surface area contributed by atoms with Gasteiger partial charge in [0, 0.05) is 11.1 Å². The van der Waals surface area contributed by atoms with Crippen LogP contribution >= 0.6 is 0 Å². The summed E-state index contributed by atoms with van der Waals surface area (Å²) in [5.41, 5.74) is -7.71. The molecule has 276 valence electrons. The van der Waals surface area contributed by atoms with Crippen LogP contribution in [-0.4, -0.2) is 52.1 Å². The smallest absolute Gasteiger partial charge is 0.292 e. The Hall–Kier alpha value is -4.17. The van der Waals surface area contributed by atoms with Crippen LogP contribution in [0.1, 0.15) is 166 Å². The molecule has 0 atom stereocenters. The molecule has 0 heterocycles. The van der Waals surface area contributed by atoms with Gasteiger partial charge in [0.1, 0.15) is 22.4 Å². The molecule has 0 fully saturated rings. The zero-order valence-electron chi connectivity index (χ0n) is 31.1. The Morgan fingerprint density at radius 3 is 1.14 bits per heavy atom. The molecule has 0 saturated heterocycles. The molecule has 50 heavy (non-hydrogen) atoms. The number of hydrogen-bond donors (Lipinski definition) is 0.